The van der Waals surface area contributed by atoms with E-state index in [-0.39, 0.29) is 0 Å². The molecule has 0 unspecified atom stereocenters. The number of carboxylic acid groups (broad SMARTS) is 1. The van der Waals surface area contributed by atoms with E-state index in [4.69, 9.17) is 5.11 Å². The summed E-state index contributed by atoms with van der Waals surface area (Å²) in [5.74, 6) is -1.60. The highest BCUT2D eigenvalue weighted by atomic mass is 16.7. The van der Waals surface area contributed by atoms with Crippen LogP contribution in [0.2, 0.25) is 0 Å². The third-order valence-corrected chi connectivity index (χ3v) is 1.64. The number of carbonyl (C=O) groups excluding carboxylic acids is 1. The second kappa shape index (κ2) is 5.11. The summed E-state index contributed by atoms with van der Waals surface area (Å²) < 4.78 is 0. The molecular formula is C10H11NO4. The first kappa shape index (κ1) is 11.2. The van der Waals surface area contributed by atoms with Crippen LogP contribution in [0.5, 0.6) is 0 Å². The number of carbonyl (C=O) groups is 2. The molecule has 0 spiro atoms. The molecule has 0 aliphatic heterocycles. The molecule has 0 radical (unpaired) electrons. The largest absolute Gasteiger partial charge is 0.479 e. The molecule has 80 valence electrons. The standard InChI is InChI=1S/C10H11NO4/c1-7-3-2-4-8(5-7)10(14)11-15-6-9(12)13/h2-5H,6H2,1H3,(H,11,14)(H,12,13). The summed E-state index contributed by atoms with van der Waals surface area (Å²) in [4.78, 5) is 25.9. The van der Waals surface area contributed by atoms with Crippen molar-refractivity contribution in [1.29, 1.82) is 0 Å². The predicted octanol–water partition coefficient (Wildman–Crippen LogP) is 0.741. The third kappa shape index (κ3) is 3.78. The number of amides is 1. The zero-order valence-corrected chi connectivity index (χ0v) is 8.19. The van der Waals surface area contributed by atoms with Gasteiger partial charge in [-0.2, -0.15) is 0 Å². The summed E-state index contributed by atoms with van der Waals surface area (Å²) in [7, 11) is 0. The van der Waals surface area contributed by atoms with Crippen LogP contribution >= 0.6 is 0 Å². The molecule has 0 saturated heterocycles. The van der Waals surface area contributed by atoms with Crippen molar-refractivity contribution in [2.45, 2.75) is 6.92 Å². The molecule has 1 rings (SSSR count). The van der Waals surface area contributed by atoms with Gasteiger partial charge in [0.25, 0.3) is 5.91 Å². The Balaban J connectivity index is 2.50. The fourth-order valence-corrected chi connectivity index (χ4v) is 1.01. The van der Waals surface area contributed by atoms with Crippen molar-refractivity contribution in [3.05, 3.63) is 35.4 Å². The van der Waals surface area contributed by atoms with E-state index in [0.717, 1.165) is 5.56 Å². The van der Waals surface area contributed by atoms with E-state index in [2.05, 4.69) is 4.84 Å². The van der Waals surface area contributed by atoms with Crippen LogP contribution in [-0.2, 0) is 9.63 Å². The van der Waals surface area contributed by atoms with Gasteiger partial charge >= 0.3 is 5.97 Å². The number of rotatable bonds is 4. The van der Waals surface area contributed by atoms with E-state index in [9.17, 15) is 9.59 Å². The van der Waals surface area contributed by atoms with Gasteiger partial charge in [-0.25, -0.2) is 10.3 Å². The highest BCUT2D eigenvalue weighted by molar-refractivity contribution is 5.93. The van der Waals surface area contributed by atoms with Crippen LogP contribution in [0.1, 0.15) is 15.9 Å². The van der Waals surface area contributed by atoms with Crippen LogP contribution in [0.15, 0.2) is 24.3 Å². The van der Waals surface area contributed by atoms with E-state index in [0.29, 0.717) is 5.56 Å². The summed E-state index contributed by atoms with van der Waals surface area (Å²) in [6.45, 7) is 1.30. The summed E-state index contributed by atoms with van der Waals surface area (Å²) in [6, 6.07) is 6.89. The second-order valence-electron chi connectivity index (χ2n) is 2.98. The minimum Gasteiger partial charge on any atom is -0.479 e. The minimum absolute atomic E-state index is 0.431. The van der Waals surface area contributed by atoms with Crippen molar-refractivity contribution in [1.82, 2.24) is 5.48 Å². The first-order chi connectivity index (χ1) is 7.09. The average molecular weight is 209 g/mol. The number of carboxylic acids is 1. The van der Waals surface area contributed by atoms with Gasteiger partial charge in [-0.3, -0.25) is 9.63 Å². The van der Waals surface area contributed by atoms with Crippen LogP contribution in [-0.4, -0.2) is 23.6 Å². The fourth-order valence-electron chi connectivity index (χ4n) is 1.01. The van der Waals surface area contributed by atoms with Crippen molar-refractivity contribution >= 4 is 11.9 Å². The number of benzene rings is 1. The highest BCUT2D eigenvalue weighted by Crippen LogP contribution is 2.03. The lowest BCUT2D eigenvalue weighted by molar-refractivity contribution is -0.144. The molecule has 2 N–H and O–H groups in total. The molecule has 0 aliphatic carbocycles. The van der Waals surface area contributed by atoms with E-state index < -0.39 is 18.5 Å². The molecule has 1 amide bonds. The third-order valence-electron chi connectivity index (χ3n) is 1.64. The number of aryl methyl sites for hydroxylation is 1. The van der Waals surface area contributed by atoms with Gasteiger partial charge in [0.1, 0.15) is 0 Å². The van der Waals surface area contributed by atoms with Crippen LogP contribution < -0.4 is 5.48 Å². The first-order valence-electron chi connectivity index (χ1n) is 4.30. The lowest BCUT2D eigenvalue weighted by Gasteiger charge is -2.04. The smallest absolute Gasteiger partial charge is 0.332 e. The van der Waals surface area contributed by atoms with Gasteiger partial charge in [-0.1, -0.05) is 17.7 Å². The molecule has 0 aliphatic rings. The molecular weight excluding hydrogens is 198 g/mol. The Hall–Kier alpha value is -1.88. The molecule has 0 saturated carbocycles. The summed E-state index contributed by atoms with van der Waals surface area (Å²) in [5.41, 5.74) is 3.41. The molecule has 0 fully saturated rings. The Bertz CT molecular complexity index is 375. The minimum atomic E-state index is -1.14. The molecule has 15 heavy (non-hydrogen) atoms. The zero-order chi connectivity index (χ0) is 11.3. The van der Waals surface area contributed by atoms with Gasteiger partial charge in [-0.15, -0.1) is 0 Å². The van der Waals surface area contributed by atoms with Gasteiger partial charge in [0.05, 0.1) is 0 Å². The number of nitrogens with one attached hydrogen (secondary N) is 1. The average Bonchev–Trinajstić information content (AvgIpc) is 2.17. The second-order valence-corrected chi connectivity index (χ2v) is 2.98. The summed E-state index contributed by atoms with van der Waals surface area (Å²) >= 11 is 0. The maximum Gasteiger partial charge on any atom is 0.332 e. The molecule has 0 atom stereocenters. The van der Waals surface area contributed by atoms with Gasteiger partial charge in [-0.05, 0) is 19.1 Å². The van der Waals surface area contributed by atoms with Crippen molar-refractivity contribution in [2.24, 2.45) is 0 Å². The molecule has 0 bridgehead atoms. The Morgan fingerprint density at radius 2 is 2.20 bits per heavy atom. The maximum absolute atomic E-state index is 11.3. The summed E-state index contributed by atoms with van der Waals surface area (Å²) in [6.07, 6.45) is 0. The van der Waals surface area contributed by atoms with Crippen molar-refractivity contribution in [3.63, 3.8) is 0 Å². The van der Waals surface area contributed by atoms with Crippen molar-refractivity contribution in [2.75, 3.05) is 6.61 Å². The van der Waals surface area contributed by atoms with Crippen molar-refractivity contribution in [3.8, 4) is 0 Å². The van der Waals surface area contributed by atoms with Crippen LogP contribution in [0, 0.1) is 6.92 Å². The van der Waals surface area contributed by atoms with E-state index in [1.807, 2.05) is 18.5 Å². The van der Waals surface area contributed by atoms with Crippen LogP contribution in [0.3, 0.4) is 0 Å². The fraction of sp³-hybridized carbons (Fsp3) is 0.200. The van der Waals surface area contributed by atoms with E-state index in [1.54, 1.807) is 18.2 Å². The Kier molecular flexibility index (Phi) is 3.82. The number of hydroxylamine groups is 1. The van der Waals surface area contributed by atoms with E-state index >= 15 is 0 Å². The summed E-state index contributed by atoms with van der Waals surface area (Å²) in [5, 5.41) is 8.26. The number of hydrogen-bond acceptors (Lipinski definition) is 3. The molecule has 0 heterocycles. The first-order valence-corrected chi connectivity index (χ1v) is 4.30. The highest BCUT2D eigenvalue weighted by Gasteiger charge is 2.05. The normalized spacial score (nSPS) is 9.67. The van der Waals surface area contributed by atoms with Crippen LogP contribution in [0.25, 0.3) is 0 Å². The topological polar surface area (TPSA) is 75.6 Å². The lowest BCUT2D eigenvalue weighted by atomic mass is 10.1. The molecule has 1 aromatic rings. The lowest BCUT2D eigenvalue weighted by Crippen LogP contribution is -2.26. The monoisotopic (exact) mass is 209 g/mol. The van der Waals surface area contributed by atoms with E-state index in [1.165, 1.54) is 0 Å². The number of hydrogen-bond donors (Lipinski definition) is 2. The number of aliphatic carboxylic acids is 1. The van der Waals surface area contributed by atoms with Gasteiger partial charge in [0.2, 0.25) is 0 Å². The molecule has 1 aromatic carbocycles. The Morgan fingerprint density at radius 1 is 1.47 bits per heavy atom. The Labute approximate surface area is 86.6 Å². The van der Waals surface area contributed by atoms with Gasteiger partial charge < -0.3 is 5.11 Å². The van der Waals surface area contributed by atoms with Crippen molar-refractivity contribution < 1.29 is 19.5 Å². The maximum atomic E-state index is 11.3. The molecule has 5 heteroatoms. The van der Waals surface area contributed by atoms with Crippen LogP contribution in [0.4, 0.5) is 0 Å². The SMILES string of the molecule is Cc1cccc(C(=O)NOCC(=O)O)c1. The molecule has 5 nitrogen and oxygen atoms in total. The van der Waals surface area contributed by atoms with Gasteiger partial charge in [0.15, 0.2) is 6.61 Å². The Morgan fingerprint density at radius 3 is 2.80 bits per heavy atom. The quantitative estimate of drug-likeness (QED) is 0.717. The van der Waals surface area contributed by atoms with Gasteiger partial charge in [0, 0.05) is 5.56 Å². The zero-order valence-electron chi connectivity index (χ0n) is 8.19. The predicted molar refractivity (Wildman–Crippen MR) is 52.2 cm³/mol. The molecule has 0 aromatic heterocycles.